The number of amides is 1. The van der Waals surface area contributed by atoms with Gasteiger partial charge < -0.3 is 19.1 Å². The van der Waals surface area contributed by atoms with Crippen molar-refractivity contribution in [3.05, 3.63) is 79.0 Å². The summed E-state index contributed by atoms with van der Waals surface area (Å²) in [5, 5.41) is 14.4. The van der Waals surface area contributed by atoms with E-state index in [9.17, 15) is 10.1 Å². The van der Waals surface area contributed by atoms with E-state index < -0.39 is 6.04 Å². The monoisotopic (exact) mass is 523 g/mol. The summed E-state index contributed by atoms with van der Waals surface area (Å²) in [6, 6.07) is 24.4. The number of pyridine rings is 1. The van der Waals surface area contributed by atoms with Crippen LogP contribution in [-0.4, -0.2) is 55.8 Å². The van der Waals surface area contributed by atoms with Gasteiger partial charge in [0.15, 0.2) is 11.5 Å². The first-order chi connectivity index (χ1) is 19.1. The predicted molar refractivity (Wildman–Crippen MR) is 149 cm³/mol. The number of hydrogen-bond donors (Lipinski definition) is 0. The molecule has 0 spiro atoms. The van der Waals surface area contributed by atoms with Gasteiger partial charge in [-0.3, -0.25) is 9.78 Å². The van der Waals surface area contributed by atoms with E-state index in [1.165, 1.54) is 0 Å². The van der Waals surface area contributed by atoms with E-state index in [1.54, 1.807) is 18.3 Å². The molecule has 1 saturated heterocycles. The fraction of sp³-hybridized carbons (Fsp3) is 0.233. The Morgan fingerprint density at radius 2 is 1.82 bits per heavy atom. The first-order valence-corrected chi connectivity index (χ1v) is 12.7. The molecule has 1 atom stereocenters. The van der Waals surface area contributed by atoms with E-state index in [-0.39, 0.29) is 0 Å². The number of benzene rings is 3. The highest BCUT2D eigenvalue weighted by Gasteiger charge is 2.31. The van der Waals surface area contributed by atoms with Gasteiger partial charge in [-0.05, 0) is 55.5 Å². The summed E-state index contributed by atoms with van der Waals surface area (Å²) >= 11 is 0. The smallest absolute Gasteiger partial charge is 0.228 e. The highest BCUT2D eigenvalue weighted by atomic mass is 16.5. The van der Waals surface area contributed by atoms with Crippen molar-refractivity contribution >= 4 is 28.7 Å². The quantitative estimate of drug-likeness (QED) is 0.282. The van der Waals surface area contributed by atoms with Gasteiger partial charge >= 0.3 is 0 Å². The Labute approximate surface area is 227 Å². The zero-order valence-electron chi connectivity index (χ0n) is 21.9. The van der Waals surface area contributed by atoms with Gasteiger partial charge in [0.1, 0.15) is 17.5 Å². The summed E-state index contributed by atoms with van der Waals surface area (Å²) in [4.78, 5) is 18.8. The second-order valence-electron chi connectivity index (χ2n) is 8.89. The Morgan fingerprint density at radius 1 is 1.05 bits per heavy atom. The first kappa shape index (κ1) is 25.8. The summed E-state index contributed by atoms with van der Waals surface area (Å²) < 4.78 is 17.1. The van der Waals surface area contributed by atoms with Crippen LogP contribution in [0.25, 0.3) is 10.9 Å². The molecule has 1 unspecified atom stereocenters. The van der Waals surface area contributed by atoms with Crippen LogP contribution in [0.1, 0.15) is 6.92 Å². The number of fused-ring (bicyclic) bond motifs is 1. The maximum absolute atomic E-state index is 12.2. The number of rotatable bonds is 9. The molecule has 39 heavy (non-hydrogen) atoms. The van der Waals surface area contributed by atoms with E-state index in [2.05, 4.69) is 16.0 Å². The number of carbonyl (C=O) groups excluding carboxylic acids is 1. The Kier molecular flexibility index (Phi) is 7.75. The molecule has 1 amide bonds. The minimum absolute atomic E-state index is 0.343. The molecule has 9 nitrogen and oxygen atoms in total. The normalized spacial score (nSPS) is 15.4. The van der Waals surface area contributed by atoms with E-state index in [1.807, 2.05) is 84.7 Å². The summed E-state index contributed by atoms with van der Waals surface area (Å²) in [5.74, 6) is 2.64. The van der Waals surface area contributed by atoms with Gasteiger partial charge in [-0.15, -0.1) is 0 Å². The lowest BCUT2D eigenvalue weighted by molar-refractivity contribution is -0.110. The molecule has 0 saturated carbocycles. The van der Waals surface area contributed by atoms with Crippen LogP contribution < -0.4 is 24.1 Å². The van der Waals surface area contributed by atoms with Crippen LogP contribution in [0.5, 0.6) is 23.0 Å². The molecule has 0 aliphatic carbocycles. The number of aromatic nitrogens is 1. The second kappa shape index (κ2) is 11.7. The molecular weight excluding hydrogens is 494 g/mol. The van der Waals surface area contributed by atoms with Crippen molar-refractivity contribution in [1.82, 2.24) is 9.99 Å². The highest BCUT2D eigenvalue weighted by molar-refractivity contribution is 5.94. The molecule has 2 heterocycles. The van der Waals surface area contributed by atoms with Crippen molar-refractivity contribution < 1.29 is 19.0 Å². The van der Waals surface area contributed by atoms with Gasteiger partial charge in [-0.25, -0.2) is 10.0 Å². The van der Waals surface area contributed by atoms with Crippen LogP contribution in [0.3, 0.4) is 0 Å². The van der Waals surface area contributed by atoms with Crippen LogP contribution in [-0.2, 0) is 4.79 Å². The number of nitriles is 1. The number of hydrazine groups is 1. The summed E-state index contributed by atoms with van der Waals surface area (Å²) in [6.07, 6.45) is 2.51. The SMILES string of the molecule is CCOc1cc2nccc(N3CCN(N(C=O)c4ccc(Oc5ccccc5)cc4)CC3C#N)c2cc1OC. The lowest BCUT2D eigenvalue weighted by atomic mass is 10.1. The first-order valence-electron chi connectivity index (χ1n) is 12.7. The largest absolute Gasteiger partial charge is 0.493 e. The average Bonchev–Trinajstić information content (AvgIpc) is 2.98. The Hall–Kier alpha value is -4.81. The van der Waals surface area contributed by atoms with Crippen LogP contribution in [0.4, 0.5) is 11.4 Å². The fourth-order valence-corrected chi connectivity index (χ4v) is 4.76. The standard InChI is InChI=1S/C30H29N5O4/c1-3-38-30-18-27-26(17-29(30)37-2)28(13-14-32-27)34-16-15-33(20-23(34)19-31)35(21-36)22-9-11-25(12-10-22)39-24-7-5-4-6-8-24/h4-14,17-18,21,23H,3,15-16,20H2,1-2H3. The van der Waals surface area contributed by atoms with Crippen molar-refractivity contribution in [3.63, 3.8) is 0 Å². The van der Waals surface area contributed by atoms with Crippen molar-refractivity contribution in [2.45, 2.75) is 13.0 Å². The van der Waals surface area contributed by atoms with Crippen LogP contribution in [0.2, 0.25) is 0 Å². The Bertz CT molecular complexity index is 1470. The molecule has 9 heteroatoms. The Balaban J connectivity index is 1.36. The van der Waals surface area contributed by atoms with Gasteiger partial charge in [0.05, 0.1) is 37.5 Å². The third-order valence-electron chi connectivity index (χ3n) is 6.61. The molecule has 3 aromatic carbocycles. The lowest BCUT2D eigenvalue weighted by Crippen LogP contribution is -2.58. The zero-order chi connectivity index (χ0) is 27.2. The molecule has 1 aliphatic rings. The number of anilines is 2. The van der Waals surface area contributed by atoms with Gasteiger partial charge in [0, 0.05) is 36.4 Å². The minimum Gasteiger partial charge on any atom is -0.493 e. The fourth-order valence-electron chi connectivity index (χ4n) is 4.76. The summed E-state index contributed by atoms with van der Waals surface area (Å²) in [6.45, 7) is 3.84. The van der Waals surface area contributed by atoms with E-state index >= 15 is 0 Å². The van der Waals surface area contributed by atoms with Crippen molar-refractivity contribution in [1.29, 1.82) is 5.26 Å². The molecule has 4 aromatic rings. The van der Waals surface area contributed by atoms with Crippen molar-refractivity contribution in [2.24, 2.45) is 0 Å². The number of ether oxygens (including phenoxy) is 3. The Morgan fingerprint density at radius 3 is 2.51 bits per heavy atom. The van der Waals surface area contributed by atoms with Gasteiger partial charge in [-0.1, -0.05) is 18.2 Å². The molecule has 198 valence electrons. The number of methoxy groups -OCH3 is 1. The third kappa shape index (κ3) is 5.42. The van der Waals surface area contributed by atoms with E-state index in [4.69, 9.17) is 14.2 Å². The molecule has 1 aliphatic heterocycles. The van der Waals surface area contributed by atoms with Crippen LogP contribution in [0, 0.1) is 11.3 Å². The van der Waals surface area contributed by atoms with Crippen LogP contribution in [0.15, 0.2) is 79.0 Å². The van der Waals surface area contributed by atoms with E-state index in [0.29, 0.717) is 49.2 Å². The summed E-state index contributed by atoms with van der Waals surface area (Å²) in [7, 11) is 1.60. The third-order valence-corrected chi connectivity index (χ3v) is 6.61. The maximum atomic E-state index is 12.2. The predicted octanol–water partition coefficient (Wildman–Crippen LogP) is 5.03. The summed E-state index contributed by atoms with van der Waals surface area (Å²) in [5.41, 5.74) is 2.33. The van der Waals surface area contributed by atoms with E-state index in [0.717, 1.165) is 28.7 Å². The molecular formula is C30H29N5O4. The topological polar surface area (TPSA) is 91.2 Å². The number of nitrogens with zero attached hydrogens (tertiary/aromatic N) is 5. The molecule has 0 bridgehead atoms. The number of carbonyl (C=O) groups is 1. The van der Waals surface area contributed by atoms with Gasteiger partial charge in [0.25, 0.3) is 0 Å². The number of hydrogen-bond acceptors (Lipinski definition) is 8. The molecule has 1 fully saturated rings. The zero-order valence-corrected chi connectivity index (χ0v) is 21.9. The van der Waals surface area contributed by atoms with Crippen molar-refractivity contribution in [3.8, 4) is 29.1 Å². The average molecular weight is 524 g/mol. The van der Waals surface area contributed by atoms with Gasteiger partial charge in [-0.2, -0.15) is 5.26 Å². The lowest BCUT2D eigenvalue weighted by Gasteiger charge is -2.43. The number of piperazine rings is 1. The molecule has 0 N–H and O–H groups in total. The molecule has 1 aromatic heterocycles. The maximum Gasteiger partial charge on any atom is 0.228 e. The molecule has 5 rings (SSSR count). The minimum atomic E-state index is -0.495. The van der Waals surface area contributed by atoms with Crippen LogP contribution >= 0.6 is 0 Å². The number of para-hydroxylation sites is 1. The molecule has 0 radical (unpaired) electrons. The second-order valence-corrected chi connectivity index (χ2v) is 8.89. The van der Waals surface area contributed by atoms with Gasteiger partial charge in [0.2, 0.25) is 6.41 Å². The highest BCUT2D eigenvalue weighted by Crippen LogP contribution is 2.37. The van der Waals surface area contributed by atoms with Crippen molar-refractivity contribution in [2.75, 3.05) is 43.3 Å².